The number of fused-ring (bicyclic) bond motifs is 3. The standard InChI is InChI=1S/C15H14N.C13H10.C5H5.2ClH.Zr/c1-16(2)14-9-5-7-12-10-11-6-3-4-8-13(11)15(12)14;1-3-7-12(8-4-1)11-13-9-5-2-6-10-13;1-2-4-5-3-1;;;/h3-10H,1-2H3;1-10H;1-3H,4H2;2*1H;/q-1;;-1;;;+2/p-2. The zero-order valence-electron chi connectivity index (χ0n) is 21.0. The van der Waals surface area contributed by atoms with Gasteiger partial charge in [-0.25, -0.2) is 12.2 Å². The van der Waals surface area contributed by atoms with Crippen molar-refractivity contribution in [2.24, 2.45) is 0 Å². The van der Waals surface area contributed by atoms with Crippen LogP contribution in [0.4, 0.5) is 5.69 Å². The van der Waals surface area contributed by atoms with Crippen LogP contribution in [-0.2, 0) is 24.2 Å². The van der Waals surface area contributed by atoms with Gasteiger partial charge in [-0.2, -0.15) is 6.08 Å². The van der Waals surface area contributed by atoms with Gasteiger partial charge in [-0.1, -0.05) is 35.7 Å². The molecule has 0 bridgehead atoms. The van der Waals surface area contributed by atoms with Gasteiger partial charge in [-0.15, -0.1) is 40.8 Å². The first kappa shape index (κ1) is 30.6. The Morgan fingerprint density at radius 1 is 0.730 bits per heavy atom. The molecule has 0 amide bonds. The number of hydrogen-bond acceptors (Lipinski definition) is 1. The zero-order chi connectivity index (χ0) is 24.5. The van der Waals surface area contributed by atoms with E-state index in [1.54, 1.807) is 0 Å². The van der Waals surface area contributed by atoms with Gasteiger partial charge in [-0.05, 0) is 0 Å². The van der Waals surface area contributed by atoms with Crippen molar-refractivity contribution in [3.63, 3.8) is 0 Å². The molecule has 1 nitrogen and oxygen atoms in total. The predicted molar refractivity (Wildman–Crippen MR) is 149 cm³/mol. The van der Waals surface area contributed by atoms with Crippen molar-refractivity contribution in [1.29, 1.82) is 0 Å². The first-order chi connectivity index (χ1) is 17.1. The van der Waals surface area contributed by atoms with Crippen molar-refractivity contribution in [3.05, 3.63) is 145 Å². The van der Waals surface area contributed by atoms with Crippen LogP contribution in [0.2, 0.25) is 0 Å². The molecule has 1 aliphatic carbocycles. The summed E-state index contributed by atoms with van der Waals surface area (Å²) >= 11 is 1.46. The summed E-state index contributed by atoms with van der Waals surface area (Å²) in [6.45, 7) is 0. The zero-order valence-corrected chi connectivity index (χ0v) is 25.0. The number of halogens is 2. The third-order valence-electron chi connectivity index (χ3n) is 5.81. The van der Waals surface area contributed by atoms with Crippen molar-refractivity contribution in [2.75, 3.05) is 19.0 Å². The van der Waals surface area contributed by atoms with Crippen LogP contribution in [0.25, 0.3) is 21.5 Å². The van der Waals surface area contributed by atoms with Crippen LogP contribution in [0.15, 0.2) is 127 Å². The van der Waals surface area contributed by atoms with Crippen molar-refractivity contribution in [2.45, 2.75) is 6.42 Å². The van der Waals surface area contributed by atoms with Gasteiger partial charge in [0.05, 0.1) is 0 Å². The van der Waals surface area contributed by atoms with E-state index in [4.69, 9.17) is 0 Å². The SMILES string of the molecule is CN(C)c1cccc2[cH-]c3ccccc3c12.[C-]1=CC=CC1.[Cl-].[Cl-].[Zr+2]=[C](c1ccccc1)c1ccccc1. The van der Waals surface area contributed by atoms with Gasteiger partial charge in [0, 0.05) is 19.8 Å². The monoisotopic (exact) mass is 599 g/mol. The molecule has 5 aromatic carbocycles. The fourth-order valence-electron chi connectivity index (χ4n) is 4.08. The third-order valence-corrected chi connectivity index (χ3v) is 7.23. The van der Waals surface area contributed by atoms with E-state index >= 15 is 0 Å². The third kappa shape index (κ3) is 8.17. The summed E-state index contributed by atoms with van der Waals surface area (Å²) in [5.41, 5.74) is 3.95. The minimum absolute atomic E-state index is 0. The molecule has 0 spiro atoms. The summed E-state index contributed by atoms with van der Waals surface area (Å²) in [5, 5.41) is 5.36. The molecule has 186 valence electrons. The van der Waals surface area contributed by atoms with Gasteiger partial charge in [0.1, 0.15) is 0 Å². The molecule has 6 rings (SSSR count). The Kier molecular flexibility index (Phi) is 12.9. The number of anilines is 1. The van der Waals surface area contributed by atoms with E-state index in [9.17, 15) is 0 Å². The van der Waals surface area contributed by atoms with Crippen molar-refractivity contribution in [3.8, 4) is 0 Å². The molecule has 5 aromatic rings. The van der Waals surface area contributed by atoms with Gasteiger partial charge < -0.3 is 29.7 Å². The van der Waals surface area contributed by atoms with E-state index < -0.39 is 0 Å². The van der Waals surface area contributed by atoms with Crippen LogP contribution >= 0.6 is 0 Å². The van der Waals surface area contributed by atoms with Gasteiger partial charge in [0.2, 0.25) is 0 Å². The molecule has 0 fully saturated rings. The molecule has 0 unspecified atom stereocenters. The van der Waals surface area contributed by atoms with Gasteiger partial charge >= 0.3 is 99.2 Å². The molecule has 1 aliphatic rings. The molecule has 0 aliphatic heterocycles. The fraction of sp³-hybridized carbons (Fsp3) is 0.0909. The van der Waals surface area contributed by atoms with Crippen LogP contribution in [0, 0.1) is 6.08 Å². The van der Waals surface area contributed by atoms with Crippen LogP contribution in [0.5, 0.6) is 0 Å². The normalized spacial score (nSPS) is 10.9. The summed E-state index contributed by atoms with van der Waals surface area (Å²) in [6, 6.07) is 38.4. The van der Waals surface area contributed by atoms with Crippen molar-refractivity contribution >= 4 is 30.4 Å². The topological polar surface area (TPSA) is 3.24 Å². The first-order valence-electron chi connectivity index (χ1n) is 11.8. The number of benzene rings is 4. The van der Waals surface area contributed by atoms with Crippen LogP contribution in [0.3, 0.4) is 0 Å². The molecule has 0 heterocycles. The first-order valence-corrected chi connectivity index (χ1v) is 13.0. The van der Waals surface area contributed by atoms with E-state index in [0.29, 0.717) is 0 Å². The summed E-state index contributed by atoms with van der Waals surface area (Å²) in [4.78, 5) is 2.18. The molecular formula is C33H29Cl2NZr-2. The number of allylic oxidation sites excluding steroid dienone is 4. The second-order valence-electron chi connectivity index (χ2n) is 8.48. The molecule has 0 saturated carbocycles. The second-order valence-corrected chi connectivity index (χ2v) is 9.71. The number of rotatable bonds is 3. The Morgan fingerprint density at radius 2 is 1.30 bits per heavy atom. The summed E-state index contributed by atoms with van der Waals surface area (Å²) < 4.78 is 1.42. The molecular weight excluding hydrogens is 572 g/mol. The maximum absolute atomic E-state index is 2.99. The summed E-state index contributed by atoms with van der Waals surface area (Å²) in [5.74, 6) is 0. The van der Waals surface area contributed by atoms with Gasteiger partial charge in [0.25, 0.3) is 0 Å². The molecule has 0 radical (unpaired) electrons. The average molecular weight is 602 g/mol. The Hall–Kier alpha value is -2.64. The molecule has 0 aromatic heterocycles. The molecule has 4 heteroatoms. The Bertz CT molecular complexity index is 1400. The molecule has 0 saturated heterocycles. The van der Waals surface area contributed by atoms with Crippen molar-refractivity contribution < 1.29 is 49.0 Å². The predicted octanol–water partition coefficient (Wildman–Crippen LogP) is 1.89. The van der Waals surface area contributed by atoms with Crippen LogP contribution in [-0.4, -0.2) is 17.3 Å². The average Bonchev–Trinajstić information content (AvgIpc) is 3.61. The van der Waals surface area contributed by atoms with E-state index in [0.717, 1.165) is 6.42 Å². The second kappa shape index (κ2) is 15.6. The summed E-state index contributed by atoms with van der Waals surface area (Å²) in [6.07, 6.45) is 10.0. The molecule has 37 heavy (non-hydrogen) atoms. The quantitative estimate of drug-likeness (QED) is 0.286. The fourth-order valence-corrected chi connectivity index (χ4v) is 4.90. The Balaban J connectivity index is 0.000000211. The van der Waals surface area contributed by atoms with Crippen LogP contribution < -0.4 is 29.7 Å². The molecule has 0 atom stereocenters. The number of hydrogen-bond donors (Lipinski definition) is 0. The Morgan fingerprint density at radius 3 is 1.81 bits per heavy atom. The Labute approximate surface area is 248 Å². The van der Waals surface area contributed by atoms with Gasteiger partial charge in [0.15, 0.2) is 0 Å². The number of nitrogens with zero attached hydrogens (tertiary/aromatic N) is 1. The van der Waals surface area contributed by atoms with Crippen molar-refractivity contribution in [1.82, 2.24) is 0 Å². The minimum atomic E-state index is 0. The van der Waals surface area contributed by atoms with Gasteiger partial charge in [-0.3, -0.25) is 6.08 Å². The van der Waals surface area contributed by atoms with Crippen LogP contribution in [0.1, 0.15) is 17.5 Å². The van der Waals surface area contributed by atoms with E-state index in [1.165, 1.54) is 65.8 Å². The van der Waals surface area contributed by atoms with E-state index in [1.807, 2.05) is 12.2 Å². The molecule has 0 N–H and O–H groups in total. The maximum atomic E-state index is 2.99. The van der Waals surface area contributed by atoms with E-state index in [2.05, 4.69) is 140 Å². The van der Waals surface area contributed by atoms with E-state index in [-0.39, 0.29) is 24.8 Å². The summed E-state index contributed by atoms with van der Waals surface area (Å²) in [7, 11) is 4.19.